The molecule has 2 N–H and O–H groups in total. The van der Waals surface area contributed by atoms with E-state index in [0.29, 0.717) is 18.6 Å². The van der Waals surface area contributed by atoms with Crippen LogP contribution in [0.25, 0.3) is 5.69 Å². The maximum Gasteiger partial charge on any atom is 0.308 e. The normalized spacial score (nSPS) is 20.2. The molecule has 1 heterocycles. The number of para-hydroxylation sites is 1. The number of carboxylic acids is 1. The summed E-state index contributed by atoms with van der Waals surface area (Å²) in [6.45, 7) is 0. The van der Waals surface area contributed by atoms with Crippen molar-refractivity contribution in [1.82, 2.24) is 15.1 Å². The Morgan fingerprint density at radius 3 is 2.62 bits per heavy atom. The smallest absolute Gasteiger partial charge is 0.308 e. The van der Waals surface area contributed by atoms with Crippen LogP contribution in [0.4, 0.5) is 0 Å². The maximum atomic E-state index is 12.8. The fourth-order valence-electron chi connectivity index (χ4n) is 3.39. The molecule has 2 atom stereocenters. The van der Waals surface area contributed by atoms with Gasteiger partial charge in [0.1, 0.15) is 0 Å². The number of benzene rings is 1. The first-order valence-corrected chi connectivity index (χ1v) is 8.83. The fourth-order valence-corrected chi connectivity index (χ4v) is 3.39. The second-order valence-corrected chi connectivity index (χ2v) is 6.49. The number of rotatable bonds is 5. The van der Waals surface area contributed by atoms with Crippen LogP contribution in [0.3, 0.4) is 0 Å². The zero-order valence-corrected chi connectivity index (χ0v) is 14.7. The number of aliphatic carboxylic acids is 1. The van der Waals surface area contributed by atoms with Crippen molar-refractivity contribution in [3.05, 3.63) is 42.2 Å². The van der Waals surface area contributed by atoms with Crippen LogP contribution in [0.1, 0.15) is 42.6 Å². The van der Waals surface area contributed by atoms with E-state index in [1.807, 2.05) is 30.3 Å². The highest BCUT2D eigenvalue weighted by Crippen LogP contribution is 2.25. The number of hydrogen-bond acceptors (Lipinski definition) is 4. The monoisotopic (exact) mass is 357 g/mol. The lowest BCUT2D eigenvalue weighted by molar-refractivity contribution is -0.142. The van der Waals surface area contributed by atoms with Gasteiger partial charge in [-0.25, -0.2) is 4.68 Å². The van der Waals surface area contributed by atoms with Gasteiger partial charge in [-0.05, 0) is 25.0 Å². The van der Waals surface area contributed by atoms with Gasteiger partial charge in [0.15, 0.2) is 11.4 Å². The quantitative estimate of drug-likeness (QED) is 0.803. The van der Waals surface area contributed by atoms with E-state index in [1.165, 1.54) is 7.11 Å². The molecule has 1 fully saturated rings. The summed E-state index contributed by atoms with van der Waals surface area (Å²) in [6.07, 6.45) is 5.65. The van der Waals surface area contributed by atoms with Crippen molar-refractivity contribution in [1.29, 1.82) is 0 Å². The first-order valence-electron chi connectivity index (χ1n) is 8.83. The lowest BCUT2D eigenvalue weighted by Gasteiger charge is -2.22. The Morgan fingerprint density at radius 1 is 1.19 bits per heavy atom. The SMILES string of the molecule is COc1cn(-c2ccccc2)nc1C(=O)N[C@H]1CCCCC[C@H]1C(=O)O. The molecular weight excluding hydrogens is 334 g/mol. The number of nitrogens with zero attached hydrogens (tertiary/aromatic N) is 2. The zero-order chi connectivity index (χ0) is 18.5. The van der Waals surface area contributed by atoms with Crippen molar-refractivity contribution in [2.45, 2.75) is 38.1 Å². The lowest BCUT2D eigenvalue weighted by atomic mass is 9.95. The molecule has 0 spiro atoms. The number of amides is 1. The highest BCUT2D eigenvalue weighted by molar-refractivity contribution is 5.95. The Morgan fingerprint density at radius 2 is 1.92 bits per heavy atom. The summed E-state index contributed by atoms with van der Waals surface area (Å²) in [4.78, 5) is 24.3. The molecule has 1 aromatic carbocycles. The highest BCUT2D eigenvalue weighted by atomic mass is 16.5. The second-order valence-electron chi connectivity index (χ2n) is 6.49. The average molecular weight is 357 g/mol. The summed E-state index contributed by atoms with van der Waals surface area (Å²) < 4.78 is 6.88. The van der Waals surface area contributed by atoms with E-state index in [1.54, 1.807) is 10.9 Å². The molecule has 1 aliphatic rings. The van der Waals surface area contributed by atoms with E-state index in [9.17, 15) is 14.7 Å². The molecule has 26 heavy (non-hydrogen) atoms. The molecule has 7 heteroatoms. The molecule has 7 nitrogen and oxygen atoms in total. The maximum absolute atomic E-state index is 12.8. The van der Waals surface area contributed by atoms with Gasteiger partial charge in [-0.15, -0.1) is 0 Å². The van der Waals surface area contributed by atoms with Crippen LogP contribution < -0.4 is 10.1 Å². The summed E-state index contributed by atoms with van der Waals surface area (Å²) in [5.41, 5.74) is 0.965. The topological polar surface area (TPSA) is 93.5 Å². The third-order valence-electron chi connectivity index (χ3n) is 4.79. The molecule has 0 radical (unpaired) electrons. The van der Waals surface area contributed by atoms with Crippen LogP contribution in [0.2, 0.25) is 0 Å². The van der Waals surface area contributed by atoms with E-state index in [4.69, 9.17) is 4.74 Å². The van der Waals surface area contributed by atoms with Gasteiger partial charge < -0.3 is 15.2 Å². The minimum atomic E-state index is -0.862. The van der Waals surface area contributed by atoms with Crippen molar-refractivity contribution in [3.8, 4) is 11.4 Å². The van der Waals surface area contributed by atoms with E-state index in [2.05, 4.69) is 10.4 Å². The Balaban J connectivity index is 1.82. The summed E-state index contributed by atoms with van der Waals surface area (Å²) in [5.74, 6) is -1.48. The van der Waals surface area contributed by atoms with Gasteiger partial charge in [0.2, 0.25) is 0 Å². The van der Waals surface area contributed by atoms with Crippen LogP contribution in [0, 0.1) is 5.92 Å². The highest BCUT2D eigenvalue weighted by Gasteiger charge is 2.32. The van der Waals surface area contributed by atoms with Crippen LogP contribution in [0.15, 0.2) is 36.5 Å². The molecule has 0 unspecified atom stereocenters. The Labute approximate surface area is 152 Å². The summed E-state index contributed by atoms with van der Waals surface area (Å²) in [6, 6.07) is 9.02. The molecule has 0 aliphatic heterocycles. The number of methoxy groups -OCH3 is 1. The minimum absolute atomic E-state index is 0.157. The number of carbonyl (C=O) groups is 2. The standard InChI is InChI=1S/C19H23N3O4/c1-26-16-12-22(13-8-4-2-5-9-13)21-17(16)18(23)20-15-11-7-3-6-10-14(15)19(24)25/h2,4-5,8-9,12,14-15H,3,6-7,10-11H2,1H3,(H,20,23)(H,24,25)/t14-,15+/m1/s1. The third kappa shape index (κ3) is 3.87. The van der Waals surface area contributed by atoms with E-state index in [0.717, 1.165) is 24.9 Å². The minimum Gasteiger partial charge on any atom is -0.493 e. The zero-order valence-electron chi connectivity index (χ0n) is 14.7. The van der Waals surface area contributed by atoms with Crippen molar-refractivity contribution in [2.24, 2.45) is 5.92 Å². The van der Waals surface area contributed by atoms with E-state index in [-0.39, 0.29) is 5.69 Å². The molecule has 0 bridgehead atoms. The van der Waals surface area contributed by atoms with Crippen LogP contribution in [-0.4, -0.2) is 39.9 Å². The van der Waals surface area contributed by atoms with Gasteiger partial charge >= 0.3 is 5.97 Å². The molecule has 1 aliphatic carbocycles. The molecule has 3 rings (SSSR count). The molecule has 0 saturated heterocycles. The predicted octanol–water partition coefficient (Wildman–Crippen LogP) is 2.64. The number of ether oxygens (including phenoxy) is 1. The van der Waals surface area contributed by atoms with Crippen LogP contribution in [0.5, 0.6) is 5.75 Å². The number of aromatic nitrogens is 2. The molecular formula is C19H23N3O4. The van der Waals surface area contributed by atoms with E-state index < -0.39 is 23.8 Å². The number of nitrogens with one attached hydrogen (secondary N) is 1. The Hall–Kier alpha value is -2.83. The van der Waals surface area contributed by atoms with Crippen LogP contribution >= 0.6 is 0 Å². The van der Waals surface area contributed by atoms with Gasteiger partial charge in [-0.2, -0.15) is 5.10 Å². The molecule has 1 saturated carbocycles. The molecule has 1 aromatic heterocycles. The predicted molar refractivity (Wildman–Crippen MR) is 95.6 cm³/mol. The van der Waals surface area contributed by atoms with Gasteiger partial charge in [-0.3, -0.25) is 9.59 Å². The number of carboxylic acid groups (broad SMARTS) is 1. The first-order chi connectivity index (χ1) is 12.6. The van der Waals surface area contributed by atoms with Gasteiger partial charge in [0.25, 0.3) is 5.91 Å². The van der Waals surface area contributed by atoms with Gasteiger partial charge in [-0.1, -0.05) is 37.5 Å². The number of carbonyl (C=O) groups excluding carboxylic acids is 1. The second kappa shape index (κ2) is 8.03. The Kier molecular flexibility index (Phi) is 5.55. The average Bonchev–Trinajstić information content (AvgIpc) is 2.95. The number of hydrogen-bond donors (Lipinski definition) is 2. The van der Waals surface area contributed by atoms with Crippen molar-refractivity contribution >= 4 is 11.9 Å². The summed E-state index contributed by atoms with van der Waals surface area (Å²) in [5, 5.41) is 16.7. The lowest BCUT2D eigenvalue weighted by Crippen LogP contribution is -2.43. The van der Waals surface area contributed by atoms with Crippen LogP contribution in [-0.2, 0) is 4.79 Å². The fraction of sp³-hybridized carbons (Fsp3) is 0.421. The summed E-state index contributed by atoms with van der Waals surface area (Å²) in [7, 11) is 1.48. The molecule has 1 amide bonds. The van der Waals surface area contributed by atoms with Gasteiger partial charge in [0.05, 0.1) is 24.9 Å². The van der Waals surface area contributed by atoms with Crippen molar-refractivity contribution in [3.63, 3.8) is 0 Å². The van der Waals surface area contributed by atoms with Gasteiger partial charge in [0, 0.05) is 6.04 Å². The summed E-state index contributed by atoms with van der Waals surface area (Å²) >= 11 is 0. The van der Waals surface area contributed by atoms with Crippen molar-refractivity contribution < 1.29 is 19.4 Å². The van der Waals surface area contributed by atoms with E-state index >= 15 is 0 Å². The molecule has 2 aromatic rings. The first kappa shape index (κ1) is 18.0. The molecule has 138 valence electrons. The Bertz CT molecular complexity index is 772. The third-order valence-corrected chi connectivity index (χ3v) is 4.79. The largest absolute Gasteiger partial charge is 0.493 e. The van der Waals surface area contributed by atoms with Crippen molar-refractivity contribution in [2.75, 3.05) is 7.11 Å².